The van der Waals surface area contributed by atoms with E-state index >= 15 is 0 Å². The maximum Gasteiger partial charge on any atom is 0.295 e. The average Bonchev–Trinajstić information content (AvgIpc) is 2.87. The highest BCUT2D eigenvalue weighted by Gasteiger charge is 2.15. The third kappa shape index (κ3) is 3.04. The van der Waals surface area contributed by atoms with Crippen molar-refractivity contribution in [3.8, 4) is 5.75 Å². The quantitative estimate of drug-likeness (QED) is 0.878. The van der Waals surface area contributed by atoms with Crippen molar-refractivity contribution in [2.24, 2.45) is 0 Å². The number of hydrogen-bond acceptors (Lipinski definition) is 5. The summed E-state index contributed by atoms with van der Waals surface area (Å²) in [7, 11) is 0. The van der Waals surface area contributed by atoms with Gasteiger partial charge in [0, 0.05) is 12.1 Å². The first kappa shape index (κ1) is 13.2. The molecule has 1 saturated heterocycles. The van der Waals surface area contributed by atoms with E-state index in [4.69, 9.17) is 9.15 Å². The summed E-state index contributed by atoms with van der Waals surface area (Å²) < 4.78 is 11.3. The third-order valence-electron chi connectivity index (χ3n) is 3.50. The number of aromatic nitrogens is 1. The van der Waals surface area contributed by atoms with E-state index in [1.54, 1.807) is 0 Å². The van der Waals surface area contributed by atoms with Gasteiger partial charge in [0.2, 0.25) is 0 Å². The third-order valence-corrected chi connectivity index (χ3v) is 3.50. The maximum absolute atomic E-state index is 5.73. The smallest absolute Gasteiger partial charge is 0.295 e. The molecule has 20 heavy (non-hydrogen) atoms. The molecule has 0 bridgehead atoms. The molecular weight excluding hydrogens is 254 g/mol. The number of ether oxygens (including phenoxy) is 1. The lowest BCUT2D eigenvalue weighted by molar-refractivity contribution is 0.318. The van der Waals surface area contributed by atoms with Crippen molar-refractivity contribution in [3.63, 3.8) is 0 Å². The molecule has 0 amide bonds. The molecule has 3 rings (SSSR count). The number of benzene rings is 1. The molecule has 1 aliphatic heterocycles. The summed E-state index contributed by atoms with van der Waals surface area (Å²) in [6.45, 7) is 4.92. The van der Waals surface area contributed by atoms with E-state index in [1.807, 2.05) is 18.2 Å². The van der Waals surface area contributed by atoms with Gasteiger partial charge in [0.25, 0.3) is 6.01 Å². The molecule has 5 heteroatoms. The first-order valence-corrected chi connectivity index (χ1v) is 7.36. The fourth-order valence-electron chi connectivity index (χ4n) is 2.42. The molecule has 1 aliphatic rings. The fraction of sp³-hybridized carbons (Fsp3) is 0.533. The molecule has 0 atom stereocenters. The predicted molar refractivity (Wildman–Crippen MR) is 79.3 cm³/mol. The standard InChI is InChI=1S/C15H21N3O2/c1-2-9-19-12-3-4-14-13(10-12)18-15(20-14)17-11-5-7-16-8-6-11/h3-4,10-11,16H,2,5-9H2,1H3,(H,17,18). The highest BCUT2D eigenvalue weighted by molar-refractivity contribution is 5.76. The fourth-order valence-corrected chi connectivity index (χ4v) is 2.42. The van der Waals surface area contributed by atoms with Gasteiger partial charge >= 0.3 is 0 Å². The number of oxazole rings is 1. The summed E-state index contributed by atoms with van der Waals surface area (Å²) in [4.78, 5) is 4.50. The Hall–Kier alpha value is -1.75. The summed E-state index contributed by atoms with van der Waals surface area (Å²) in [6, 6.07) is 6.83. The monoisotopic (exact) mass is 275 g/mol. The van der Waals surface area contributed by atoms with Gasteiger partial charge in [0.15, 0.2) is 5.58 Å². The van der Waals surface area contributed by atoms with E-state index in [0.29, 0.717) is 12.1 Å². The lowest BCUT2D eigenvalue weighted by atomic mass is 10.1. The largest absolute Gasteiger partial charge is 0.494 e. The average molecular weight is 275 g/mol. The summed E-state index contributed by atoms with van der Waals surface area (Å²) in [5, 5.41) is 6.72. The minimum atomic E-state index is 0.445. The van der Waals surface area contributed by atoms with Crippen molar-refractivity contribution < 1.29 is 9.15 Å². The van der Waals surface area contributed by atoms with Gasteiger partial charge in [0.1, 0.15) is 11.3 Å². The molecular formula is C15H21N3O2. The molecule has 2 aromatic rings. The van der Waals surface area contributed by atoms with Crippen LogP contribution in [0.3, 0.4) is 0 Å². The molecule has 0 unspecified atom stereocenters. The zero-order chi connectivity index (χ0) is 13.8. The minimum Gasteiger partial charge on any atom is -0.494 e. The van der Waals surface area contributed by atoms with Crippen molar-refractivity contribution in [1.82, 2.24) is 10.3 Å². The number of rotatable bonds is 5. The van der Waals surface area contributed by atoms with Gasteiger partial charge in [-0.1, -0.05) is 6.92 Å². The Balaban J connectivity index is 1.72. The molecule has 0 aliphatic carbocycles. The van der Waals surface area contributed by atoms with Crippen LogP contribution in [0.1, 0.15) is 26.2 Å². The predicted octanol–water partition coefficient (Wildman–Crippen LogP) is 2.78. The highest BCUT2D eigenvalue weighted by Crippen LogP contribution is 2.24. The molecule has 108 valence electrons. The Morgan fingerprint density at radius 1 is 1.40 bits per heavy atom. The number of nitrogens with one attached hydrogen (secondary N) is 2. The molecule has 1 aromatic heterocycles. The Morgan fingerprint density at radius 3 is 3.05 bits per heavy atom. The first-order chi connectivity index (χ1) is 9.85. The minimum absolute atomic E-state index is 0.445. The molecule has 2 heterocycles. The number of anilines is 1. The first-order valence-electron chi connectivity index (χ1n) is 7.36. The topological polar surface area (TPSA) is 59.3 Å². The van der Waals surface area contributed by atoms with Crippen LogP contribution in [0.2, 0.25) is 0 Å². The molecule has 1 fully saturated rings. The molecule has 0 radical (unpaired) electrons. The van der Waals surface area contributed by atoms with Crippen LogP contribution in [-0.4, -0.2) is 30.7 Å². The summed E-state index contributed by atoms with van der Waals surface area (Å²) in [5.74, 6) is 0.848. The molecule has 5 nitrogen and oxygen atoms in total. The Morgan fingerprint density at radius 2 is 2.25 bits per heavy atom. The van der Waals surface area contributed by atoms with Crippen LogP contribution in [0.15, 0.2) is 22.6 Å². The summed E-state index contributed by atoms with van der Waals surface area (Å²) in [6.07, 6.45) is 3.20. The summed E-state index contributed by atoms with van der Waals surface area (Å²) >= 11 is 0. The SMILES string of the molecule is CCCOc1ccc2oc(NC3CCNCC3)nc2c1. The van der Waals surface area contributed by atoms with Gasteiger partial charge in [-0.2, -0.15) is 4.98 Å². The van der Waals surface area contributed by atoms with Crippen LogP contribution in [0.5, 0.6) is 5.75 Å². The van der Waals surface area contributed by atoms with Crippen molar-refractivity contribution in [2.45, 2.75) is 32.2 Å². The van der Waals surface area contributed by atoms with Crippen molar-refractivity contribution in [2.75, 3.05) is 25.0 Å². The van der Waals surface area contributed by atoms with Crippen molar-refractivity contribution in [1.29, 1.82) is 0 Å². The Kier molecular flexibility index (Phi) is 4.06. The van der Waals surface area contributed by atoms with E-state index in [-0.39, 0.29) is 0 Å². The lowest BCUT2D eigenvalue weighted by Crippen LogP contribution is -2.35. The zero-order valence-electron chi connectivity index (χ0n) is 11.8. The van der Waals surface area contributed by atoms with E-state index < -0.39 is 0 Å². The van der Waals surface area contributed by atoms with Gasteiger partial charge < -0.3 is 19.8 Å². The van der Waals surface area contributed by atoms with Crippen LogP contribution in [0.4, 0.5) is 6.01 Å². The van der Waals surface area contributed by atoms with Crippen LogP contribution in [0.25, 0.3) is 11.1 Å². The Labute approximate surface area is 118 Å². The number of fused-ring (bicyclic) bond motifs is 1. The Bertz CT molecular complexity index is 561. The van der Waals surface area contributed by atoms with Gasteiger partial charge in [0.05, 0.1) is 6.61 Å². The van der Waals surface area contributed by atoms with Crippen LogP contribution in [-0.2, 0) is 0 Å². The zero-order valence-corrected chi connectivity index (χ0v) is 11.8. The van der Waals surface area contributed by atoms with Gasteiger partial charge in [-0.05, 0) is 44.5 Å². The lowest BCUT2D eigenvalue weighted by Gasteiger charge is -2.22. The van der Waals surface area contributed by atoms with Gasteiger partial charge in [-0.3, -0.25) is 0 Å². The van der Waals surface area contributed by atoms with E-state index in [0.717, 1.165) is 55.8 Å². The number of nitrogens with zero attached hydrogens (tertiary/aromatic N) is 1. The molecule has 1 aromatic carbocycles. The number of piperidine rings is 1. The highest BCUT2D eigenvalue weighted by atomic mass is 16.5. The molecule has 0 spiro atoms. The van der Waals surface area contributed by atoms with Crippen LogP contribution < -0.4 is 15.4 Å². The van der Waals surface area contributed by atoms with Gasteiger partial charge in [-0.25, -0.2) is 0 Å². The van der Waals surface area contributed by atoms with Crippen LogP contribution in [0, 0.1) is 0 Å². The maximum atomic E-state index is 5.73. The molecule has 2 N–H and O–H groups in total. The second-order valence-corrected chi connectivity index (χ2v) is 5.17. The van der Waals surface area contributed by atoms with Crippen molar-refractivity contribution >= 4 is 17.1 Å². The van der Waals surface area contributed by atoms with E-state index in [1.165, 1.54) is 0 Å². The normalized spacial score (nSPS) is 16.4. The second-order valence-electron chi connectivity index (χ2n) is 5.17. The van der Waals surface area contributed by atoms with Crippen molar-refractivity contribution in [3.05, 3.63) is 18.2 Å². The van der Waals surface area contributed by atoms with Gasteiger partial charge in [-0.15, -0.1) is 0 Å². The van der Waals surface area contributed by atoms with E-state index in [9.17, 15) is 0 Å². The van der Waals surface area contributed by atoms with Crippen LogP contribution >= 0.6 is 0 Å². The number of hydrogen-bond donors (Lipinski definition) is 2. The van der Waals surface area contributed by atoms with E-state index in [2.05, 4.69) is 22.5 Å². The summed E-state index contributed by atoms with van der Waals surface area (Å²) in [5.41, 5.74) is 1.64. The second kappa shape index (κ2) is 6.13. The molecule has 0 saturated carbocycles.